The average Bonchev–Trinajstić information content (AvgIpc) is 2.83. The van der Waals surface area contributed by atoms with Crippen molar-refractivity contribution in [3.63, 3.8) is 0 Å². The molecule has 1 unspecified atom stereocenters. The minimum absolute atomic E-state index is 0.130. The summed E-state index contributed by atoms with van der Waals surface area (Å²) < 4.78 is 0. The normalized spacial score (nSPS) is 12.1. The zero-order valence-electron chi connectivity index (χ0n) is 18.3. The van der Waals surface area contributed by atoms with Crippen LogP contribution in [0.4, 0.5) is 11.4 Å². The molecule has 0 aliphatic heterocycles. The Morgan fingerprint density at radius 1 is 1.12 bits per heavy atom. The van der Waals surface area contributed by atoms with Gasteiger partial charge in [-0.2, -0.15) is 0 Å². The fourth-order valence-electron chi connectivity index (χ4n) is 3.18. The fraction of sp³-hybridized carbons (Fsp3) is 0.167. The van der Waals surface area contributed by atoms with Gasteiger partial charge in [0.2, 0.25) is 5.91 Å². The number of aliphatic hydroxyl groups excluding tert-OH is 1. The molecule has 0 aliphatic rings. The van der Waals surface area contributed by atoms with Crippen LogP contribution < -0.4 is 21.7 Å². The van der Waals surface area contributed by atoms with E-state index in [1.54, 1.807) is 36.7 Å². The van der Waals surface area contributed by atoms with E-state index < -0.39 is 16.9 Å². The first-order valence-electron chi connectivity index (χ1n) is 10.6. The molecule has 0 saturated heterocycles. The van der Waals surface area contributed by atoms with Gasteiger partial charge in [-0.05, 0) is 54.9 Å². The predicted octanol–water partition coefficient (Wildman–Crippen LogP) is 2.65. The summed E-state index contributed by atoms with van der Waals surface area (Å²) in [5.74, 6) is -0.460. The first kappa shape index (κ1) is 24.4. The van der Waals surface area contributed by atoms with Crippen LogP contribution in [-0.2, 0) is 6.42 Å². The molecule has 2 aromatic carbocycles. The Hall–Kier alpha value is -4.28. The van der Waals surface area contributed by atoms with Gasteiger partial charge >= 0.3 is 0 Å². The SMILES string of the molecule is NC(=O)c1cccc(N/C(=C/[N+](=O)[O-])Nc2ccc(CCNCC(O)c3cccnc3)cc2)c1. The van der Waals surface area contributed by atoms with Gasteiger partial charge in [0.25, 0.3) is 6.20 Å². The van der Waals surface area contributed by atoms with Crippen molar-refractivity contribution < 1.29 is 14.8 Å². The highest BCUT2D eigenvalue weighted by Gasteiger charge is 2.08. The first-order valence-corrected chi connectivity index (χ1v) is 10.6. The van der Waals surface area contributed by atoms with Gasteiger partial charge in [0, 0.05) is 41.4 Å². The second-order valence-electron chi connectivity index (χ2n) is 7.48. The van der Waals surface area contributed by atoms with Gasteiger partial charge in [-0.1, -0.05) is 24.3 Å². The summed E-state index contributed by atoms with van der Waals surface area (Å²) in [6.07, 6.45) is 4.24. The predicted molar refractivity (Wildman–Crippen MR) is 129 cm³/mol. The number of hydrogen-bond acceptors (Lipinski definition) is 8. The number of aromatic nitrogens is 1. The van der Waals surface area contributed by atoms with E-state index in [4.69, 9.17) is 5.73 Å². The Labute approximate surface area is 196 Å². The van der Waals surface area contributed by atoms with E-state index in [1.165, 1.54) is 6.07 Å². The lowest BCUT2D eigenvalue weighted by Crippen LogP contribution is -2.23. The van der Waals surface area contributed by atoms with Gasteiger partial charge in [-0.25, -0.2) is 0 Å². The molecular weight excluding hydrogens is 436 g/mol. The Morgan fingerprint density at radius 2 is 1.88 bits per heavy atom. The molecule has 6 N–H and O–H groups in total. The minimum Gasteiger partial charge on any atom is -0.387 e. The maximum Gasteiger partial charge on any atom is 0.274 e. The molecule has 176 valence electrons. The van der Waals surface area contributed by atoms with Crippen LogP contribution >= 0.6 is 0 Å². The van der Waals surface area contributed by atoms with Crippen molar-refractivity contribution in [3.05, 3.63) is 112 Å². The van der Waals surface area contributed by atoms with Gasteiger partial charge in [0.05, 0.1) is 11.0 Å². The van der Waals surface area contributed by atoms with E-state index in [1.807, 2.05) is 30.3 Å². The van der Waals surface area contributed by atoms with Crippen molar-refractivity contribution in [2.45, 2.75) is 12.5 Å². The number of carbonyl (C=O) groups is 1. The van der Waals surface area contributed by atoms with E-state index in [0.717, 1.165) is 23.7 Å². The molecule has 0 radical (unpaired) electrons. The zero-order valence-corrected chi connectivity index (χ0v) is 18.3. The maximum atomic E-state index is 11.4. The number of pyridine rings is 1. The summed E-state index contributed by atoms with van der Waals surface area (Å²) in [6, 6.07) is 17.4. The molecule has 0 fully saturated rings. The lowest BCUT2D eigenvalue weighted by Gasteiger charge is -2.13. The Bertz CT molecular complexity index is 1140. The largest absolute Gasteiger partial charge is 0.387 e. The standard InChI is InChI=1S/C24H26N6O4/c25-24(32)18-3-1-5-21(13-18)29-23(16-30(33)34)28-20-8-6-17(7-9-20)10-12-27-15-22(31)19-4-2-11-26-14-19/h1-9,11,13-14,16,22,27-29,31H,10,12,15H2,(H2,25,32)/b23-16+. The van der Waals surface area contributed by atoms with Crippen LogP contribution in [0.1, 0.15) is 27.6 Å². The molecule has 0 aliphatic carbocycles. The van der Waals surface area contributed by atoms with Crippen molar-refractivity contribution in [2.24, 2.45) is 5.73 Å². The van der Waals surface area contributed by atoms with Crippen molar-refractivity contribution in [1.29, 1.82) is 0 Å². The number of rotatable bonds is 12. The van der Waals surface area contributed by atoms with Crippen molar-refractivity contribution in [1.82, 2.24) is 10.3 Å². The third-order valence-corrected chi connectivity index (χ3v) is 4.89. The number of aliphatic hydroxyl groups is 1. The molecule has 1 aromatic heterocycles. The Kier molecular flexibility index (Phi) is 8.67. The van der Waals surface area contributed by atoms with Gasteiger partial charge in [0.1, 0.15) is 0 Å². The van der Waals surface area contributed by atoms with E-state index in [-0.39, 0.29) is 11.4 Å². The van der Waals surface area contributed by atoms with Gasteiger partial charge in [-0.3, -0.25) is 19.9 Å². The van der Waals surface area contributed by atoms with Crippen molar-refractivity contribution in [3.8, 4) is 0 Å². The van der Waals surface area contributed by atoms with Gasteiger partial charge < -0.3 is 26.8 Å². The molecule has 10 nitrogen and oxygen atoms in total. The number of nitro groups is 1. The lowest BCUT2D eigenvalue weighted by molar-refractivity contribution is -0.403. The molecule has 3 aromatic rings. The molecular formula is C24H26N6O4. The second-order valence-corrected chi connectivity index (χ2v) is 7.48. The number of anilines is 2. The summed E-state index contributed by atoms with van der Waals surface area (Å²) in [5.41, 5.74) is 8.54. The molecule has 10 heteroatoms. The van der Waals surface area contributed by atoms with Crippen LogP contribution in [0.25, 0.3) is 0 Å². The lowest BCUT2D eigenvalue weighted by atomic mass is 10.1. The number of hydrogen-bond donors (Lipinski definition) is 5. The summed E-state index contributed by atoms with van der Waals surface area (Å²) in [4.78, 5) is 25.8. The summed E-state index contributed by atoms with van der Waals surface area (Å²) >= 11 is 0. The van der Waals surface area contributed by atoms with Gasteiger partial charge in [0.15, 0.2) is 5.82 Å². The van der Waals surface area contributed by atoms with Crippen LogP contribution in [0.2, 0.25) is 0 Å². The quantitative estimate of drug-likeness (QED) is 0.156. The summed E-state index contributed by atoms with van der Waals surface area (Å²) in [5, 5.41) is 30.3. The van der Waals surface area contributed by atoms with Crippen LogP contribution in [0, 0.1) is 10.1 Å². The van der Waals surface area contributed by atoms with E-state index >= 15 is 0 Å². The highest BCUT2D eigenvalue weighted by Crippen LogP contribution is 2.17. The van der Waals surface area contributed by atoms with E-state index in [0.29, 0.717) is 24.5 Å². The first-order chi connectivity index (χ1) is 16.4. The topological polar surface area (TPSA) is 155 Å². The number of amides is 1. The average molecular weight is 463 g/mol. The smallest absolute Gasteiger partial charge is 0.274 e. The molecule has 1 atom stereocenters. The molecule has 1 heterocycles. The van der Waals surface area contributed by atoms with Crippen molar-refractivity contribution in [2.75, 3.05) is 23.7 Å². The molecule has 0 saturated carbocycles. The van der Waals surface area contributed by atoms with Crippen LogP contribution in [0.5, 0.6) is 0 Å². The second kappa shape index (κ2) is 12.1. The van der Waals surface area contributed by atoms with E-state index in [9.17, 15) is 20.0 Å². The number of nitrogens with two attached hydrogens (primary N) is 1. The van der Waals surface area contributed by atoms with Crippen molar-refractivity contribution >= 4 is 17.3 Å². The number of nitrogens with zero attached hydrogens (tertiary/aromatic N) is 2. The molecule has 3 rings (SSSR count). The number of nitrogens with one attached hydrogen (secondary N) is 3. The number of primary amides is 1. The number of benzene rings is 2. The maximum absolute atomic E-state index is 11.4. The van der Waals surface area contributed by atoms with Crippen LogP contribution in [0.15, 0.2) is 85.1 Å². The Morgan fingerprint density at radius 3 is 2.56 bits per heavy atom. The van der Waals surface area contributed by atoms with E-state index in [2.05, 4.69) is 20.9 Å². The van der Waals surface area contributed by atoms with Crippen LogP contribution in [0.3, 0.4) is 0 Å². The third-order valence-electron chi connectivity index (χ3n) is 4.89. The summed E-state index contributed by atoms with van der Waals surface area (Å²) in [7, 11) is 0. The molecule has 0 spiro atoms. The fourth-order valence-corrected chi connectivity index (χ4v) is 3.18. The monoisotopic (exact) mass is 462 g/mol. The minimum atomic E-state index is -0.622. The molecule has 1 amide bonds. The molecule has 34 heavy (non-hydrogen) atoms. The number of carbonyl (C=O) groups excluding carboxylic acids is 1. The van der Waals surface area contributed by atoms with Gasteiger partial charge in [-0.15, -0.1) is 0 Å². The zero-order chi connectivity index (χ0) is 24.3. The Balaban J connectivity index is 1.53. The summed E-state index contributed by atoms with van der Waals surface area (Å²) in [6.45, 7) is 1.09. The highest BCUT2D eigenvalue weighted by molar-refractivity contribution is 5.93. The third kappa shape index (κ3) is 7.69. The molecule has 0 bridgehead atoms. The highest BCUT2D eigenvalue weighted by atomic mass is 16.6. The van der Waals surface area contributed by atoms with Crippen LogP contribution in [-0.4, -0.2) is 34.0 Å².